The van der Waals surface area contributed by atoms with Crippen LogP contribution in [0.5, 0.6) is 0 Å². The maximum atomic E-state index is 12.6. The molecule has 1 saturated carbocycles. The van der Waals surface area contributed by atoms with Crippen molar-refractivity contribution in [3.8, 4) is 11.1 Å². The molecule has 6 nitrogen and oxygen atoms in total. The summed E-state index contributed by atoms with van der Waals surface area (Å²) in [5.41, 5.74) is 2.90. The maximum absolute atomic E-state index is 12.6. The van der Waals surface area contributed by atoms with E-state index in [0.29, 0.717) is 12.5 Å². The maximum Gasteiger partial charge on any atom is 0.226 e. The molecular formula is C20H25N5O. The minimum atomic E-state index is 0.185. The van der Waals surface area contributed by atoms with E-state index in [4.69, 9.17) is 4.98 Å². The topological polar surface area (TPSA) is 62.2 Å². The van der Waals surface area contributed by atoms with Gasteiger partial charge in [0.15, 0.2) is 0 Å². The van der Waals surface area contributed by atoms with Gasteiger partial charge in [-0.3, -0.25) is 9.78 Å². The number of hydrogen-bond acceptors (Lipinski definition) is 5. The number of nitrogens with zero attached hydrogens (tertiary/aromatic N) is 5. The van der Waals surface area contributed by atoms with Crippen molar-refractivity contribution in [2.24, 2.45) is 11.8 Å². The van der Waals surface area contributed by atoms with Crippen molar-refractivity contribution in [1.82, 2.24) is 19.9 Å². The lowest BCUT2D eigenvalue weighted by Gasteiger charge is -2.21. The van der Waals surface area contributed by atoms with Crippen LogP contribution >= 0.6 is 0 Å². The van der Waals surface area contributed by atoms with E-state index in [0.717, 1.165) is 42.3 Å². The van der Waals surface area contributed by atoms with Crippen LogP contribution in [0, 0.1) is 11.8 Å². The molecule has 0 spiro atoms. The summed E-state index contributed by atoms with van der Waals surface area (Å²) in [6, 6.07) is 3.92. The Morgan fingerprint density at radius 2 is 1.96 bits per heavy atom. The van der Waals surface area contributed by atoms with Crippen molar-refractivity contribution < 1.29 is 4.79 Å². The van der Waals surface area contributed by atoms with Gasteiger partial charge in [0, 0.05) is 50.2 Å². The Kier molecular flexibility index (Phi) is 4.57. The molecule has 2 aromatic heterocycles. The van der Waals surface area contributed by atoms with Crippen LogP contribution in [0.3, 0.4) is 0 Å². The normalized spacial score (nSPS) is 21.7. The molecule has 2 atom stereocenters. The molecule has 1 aliphatic carbocycles. The summed E-state index contributed by atoms with van der Waals surface area (Å²) in [6.45, 7) is 4.64. The van der Waals surface area contributed by atoms with E-state index < -0.39 is 0 Å². The zero-order chi connectivity index (χ0) is 18.1. The Morgan fingerprint density at radius 1 is 1.27 bits per heavy atom. The summed E-state index contributed by atoms with van der Waals surface area (Å²) >= 11 is 0. The van der Waals surface area contributed by atoms with E-state index in [2.05, 4.69) is 21.8 Å². The van der Waals surface area contributed by atoms with Gasteiger partial charge in [0.1, 0.15) is 0 Å². The van der Waals surface area contributed by atoms with E-state index >= 15 is 0 Å². The first-order chi connectivity index (χ1) is 12.6. The van der Waals surface area contributed by atoms with Crippen LogP contribution in [0.4, 0.5) is 5.95 Å². The summed E-state index contributed by atoms with van der Waals surface area (Å²) in [4.78, 5) is 30.2. The molecule has 0 N–H and O–H groups in total. The molecule has 2 unspecified atom stereocenters. The fourth-order valence-corrected chi connectivity index (χ4v) is 3.62. The highest BCUT2D eigenvalue weighted by atomic mass is 16.2. The van der Waals surface area contributed by atoms with Crippen LogP contribution < -0.4 is 4.90 Å². The quantitative estimate of drug-likeness (QED) is 0.829. The number of carbonyl (C=O) groups is 1. The molecule has 2 aliphatic rings. The highest BCUT2D eigenvalue weighted by molar-refractivity contribution is 5.81. The van der Waals surface area contributed by atoms with Crippen LogP contribution in [-0.2, 0) is 11.3 Å². The van der Waals surface area contributed by atoms with Gasteiger partial charge in [-0.15, -0.1) is 0 Å². The molecule has 1 aliphatic heterocycles. The van der Waals surface area contributed by atoms with E-state index in [9.17, 15) is 4.79 Å². The van der Waals surface area contributed by atoms with Crippen LogP contribution in [0.2, 0.25) is 0 Å². The second kappa shape index (κ2) is 7.02. The van der Waals surface area contributed by atoms with Gasteiger partial charge in [0.25, 0.3) is 0 Å². The lowest BCUT2D eigenvalue weighted by Crippen LogP contribution is -2.29. The predicted octanol–water partition coefficient (Wildman–Crippen LogP) is 2.75. The van der Waals surface area contributed by atoms with Crippen molar-refractivity contribution in [2.75, 3.05) is 25.0 Å². The van der Waals surface area contributed by atoms with Crippen LogP contribution in [0.1, 0.15) is 31.9 Å². The van der Waals surface area contributed by atoms with Crippen molar-refractivity contribution in [3.63, 3.8) is 0 Å². The summed E-state index contributed by atoms with van der Waals surface area (Å²) in [5, 5.41) is 0. The molecule has 0 bridgehead atoms. The third kappa shape index (κ3) is 3.41. The van der Waals surface area contributed by atoms with Gasteiger partial charge in [0.2, 0.25) is 11.9 Å². The highest BCUT2D eigenvalue weighted by Gasteiger charge is 2.40. The Morgan fingerprint density at radius 3 is 2.62 bits per heavy atom. The van der Waals surface area contributed by atoms with E-state index in [-0.39, 0.29) is 11.8 Å². The van der Waals surface area contributed by atoms with Crippen molar-refractivity contribution in [1.29, 1.82) is 0 Å². The van der Waals surface area contributed by atoms with Gasteiger partial charge in [-0.05, 0) is 42.9 Å². The SMILES string of the molecule is CC1CC1C(=O)N(C)Cc1nc(N2CCCC2)ncc1-c1ccncc1. The molecule has 0 aromatic carbocycles. The van der Waals surface area contributed by atoms with E-state index in [1.54, 1.807) is 12.4 Å². The van der Waals surface area contributed by atoms with Gasteiger partial charge < -0.3 is 9.80 Å². The number of amides is 1. The number of hydrogen-bond donors (Lipinski definition) is 0. The second-order valence-corrected chi connectivity index (χ2v) is 7.47. The zero-order valence-corrected chi connectivity index (χ0v) is 15.4. The van der Waals surface area contributed by atoms with Gasteiger partial charge in [-0.25, -0.2) is 9.97 Å². The number of rotatable bonds is 5. The summed E-state index contributed by atoms with van der Waals surface area (Å²) in [6.07, 6.45) is 8.81. The fourth-order valence-electron chi connectivity index (χ4n) is 3.62. The standard InChI is InChI=1S/C20H25N5O/c1-14-11-16(14)19(26)24(2)13-18-17(15-5-7-21-8-6-15)12-22-20(23-18)25-9-3-4-10-25/h5-8,12,14,16H,3-4,9-11,13H2,1-2H3. The molecule has 0 radical (unpaired) electrons. The van der Waals surface area contributed by atoms with Crippen molar-refractivity contribution in [3.05, 3.63) is 36.4 Å². The highest BCUT2D eigenvalue weighted by Crippen LogP contribution is 2.39. The van der Waals surface area contributed by atoms with Crippen molar-refractivity contribution in [2.45, 2.75) is 32.7 Å². The number of anilines is 1. The third-order valence-electron chi connectivity index (χ3n) is 5.43. The first kappa shape index (κ1) is 16.9. The largest absolute Gasteiger partial charge is 0.341 e. The Balaban J connectivity index is 1.64. The lowest BCUT2D eigenvalue weighted by atomic mass is 10.1. The average molecular weight is 351 g/mol. The number of aromatic nitrogens is 3. The van der Waals surface area contributed by atoms with Crippen molar-refractivity contribution >= 4 is 11.9 Å². The van der Waals surface area contributed by atoms with Crippen LogP contribution in [0.15, 0.2) is 30.7 Å². The third-order valence-corrected chi connectivity index (χ3v) is 5.43. The molecule has 136 valence electrons. The molecule has 4 rings (SSSR count). The van der Waals surface area contributed by atoms with Crippen LogP contribution in [-0.4, -0.2) is 45.9 Å². The Labute approximate surface area is 154 Å². The first-order valence-electron chi connectivity index (χ1n) is 9.39. The van der Waals surface area contributed by atoms with E-state index in [1.165, 1.54) is 12.8 Å². The minimum absolute atomic E-state index is 0.185. The molecule has 2 fully saturated rings. The fraction of sp³-hybridized carbons (Fsp3) is 0.500. The van der Waals surface area contributed by atoms with Gasteiger partial charge in [-0.2, -0.15) is 0 Å². The average Bonchev–Trinajstić information content (AvgIpc) is 3.16. The Bertz CT molecular complexity index is 788. The molecule has 1 amide bonds. The molecule has 6 heteroatoms. The molecule has 2 aromatic rings. The lowest BCUT2D eigenvalue weighted by molar-refractivity contribution is -0.132. The first-order valence-corrected chi connectivity index (χ1v) is 9.39. The zero-order valence-electron chi connectivity index (χ0n) is 15.4. The molecule has 3 heterocycles. The second-order valence-electron chi connectivity index (χ2n) is 7.47. The number of pyridine rings is 1. The molecule has 1 saturated heterocycles. The van der Waals surface area contributed by atoms with Gasteiger partial charge >= 0.3 is 0 Å². The van der Waals surface area contributed by atoms with Gasteiger partial charge in [-0.1, -0.05) is 6.92 Å². The molecular weight excluding hydrogens is 326 g/mol. The Hall–Kier alpha value is -2.50. The monoisotopic (exact) mass is 351 g/mol. The minimum Gasteiger partial charge on any atom is -0.341 e. The summed E-state index contributed by atoms with van der Waals surface area (Å²) in [7, 11) is 1.88. The van der Waals surface area contributed by atoms with E-state index in [1.807, 2.05) is 30.3 Å². The summed E-state index contributed by atoms with van der Waals surface area (Å²) in [5.74, 6) is 1.69. The smallest absolute Gasteiger partial charge is 0.226 e. The van der Waals surface area contributed by atoms with Crippen LogP contribution in [0.25, 0.3) is 11.1 Å². The van der Waals surface area contributed by atoms with Gasteiger partial charge in [0.05, 0.1) is 12.2 Å². The predicted molar refractivity (Wildman–Crippen MR) is 100 cm³/mol. The molecule has 26 heavy (non-hydrogen) atoms. The number of carbonyl (C=O) groups excluding carboxylic acids is 1. The summed E-state index contributed by atoms with van der Waals surface area (Å²) < 4.78 is 0.